The molecule has 1 aliphatic heterocycles. The van der Waals surface area contributed by atoms with E-state index in [4.69, 9.17) is 4.74 Å². The Balaban J connectivity index is 1.29. The number of ether oxygens (including phenoxy) is 1. The molecular formula is C26H25FN8O3. The number of rotatable bonds is 7. The Bertz CT molecular complexity index is 1450. The lowest BCUT2D eigenvalue weighted by molar-refractivity contribution is 0.0945. The number of benzene rings is 1. The number of nitrogens with one attached hydrogen (secondary N) is 2. The zero-order valence-electron chi connectivity index (χ0n) is 20.6. The molecule has 3 aromatic heterocycles. The van der Waals surface area contributed by atoms with Crippen LogP contribution in [-0.2, 0) is 11.3 Å². The number of halogens is 1. The van der Waals surface area contributed by atoms with E-state index in [-0.39, 0.29) is 11.3 Å². The molecule has 1 saturated heterocycles. The predicted molar refractivity (Wildman–Crippen MR) is 137 cm³/mol. The van der Waals surface area contributed by atoms with E-state index in [0.717, 1.165) is 5.56 Å². The zero-order chi connectivity index (χ0) is 26.5. The molecule has 0 radical (unpaired) electrons. The SMILES string of the molecule is Cc1ncc(NC(=O)c2cc(F)cc(N3CCOCC3)c2)cc1-n1cc(C(=O)NCc2cccnc2)nn1. The number of morpholine rings is 1. The van der Waals surface area contributed by atoms with Crippen molar-refractivity contribution in [1.29, 1.82) is 0 Å². The topological polar surface area (TPSA) is 127 Å². The summed E-state index contributed by atoms with van der Waals surface area (Å²) in [6.07, 6.45) is 6.30. The Morgan fingerprint density at radius 2 is 1.95 bits per heavy atom. The summed E-state index contributed by atoms with van der Waals surface area (Å²) in [4.78, 5) is 35.8. The molecule has 5 rings (SSSR count). The number of nitrogens with zero attached hydrogens (tertiary/aromatic N) is 6. The van der Waals surface area contributed by atoms with Gasteiger partial charge in [-0.3, -0.25) is 19.6 Å². The summed E-state index contributed by atoms with van der Waals surface area (Å²) in [5.74, 6) is -1.37. The average molecular weight is 517 g/mol. The Morgan fingerprint density at radius 1 is 1.11 bits per heavy atom. The van der Waals surface area contributed by atoms with Crippen LogP contribution in [0.5, 0.6) is 0 Å². The van der Waals surface area contributed by atoms with Gasteiger partial charge in [0.05, 0.1) is 42.7 Å². The van der Waals surface area contributed by atoms with Crippen molar-refractivity contribution in [2.75, 3.05) is 36.5 Å². The van der Waals surface area contributed by atoms with E-state index in [1.165, 1.54) is 29.2 Å². The molecule has 1 aliphatic rings. The zero-order valence-corrected chi connectivity index (χ0v) is 20.6. The van der Waals surface area contributed by atoms with Crippen LogP contribution in [0.4, 0.5) is 15.8 Å². The van der Waals surface area contributed by atoms with Gasteiger partial charge in [-0.2, -0.15) is 0 Å². The number of carbonyl (C=O) groups is 2. The first-order valence-corrected chi connectivity index (χ1v) is 12.0. The van der Waals surface area contributed by atoms with Gasteiger partial charge < -0.3 is 20.3 Å². The van der Waals surface area contributed by atoms with Gasteiger partial charge in [0.2, 0.25) is 0 Å². The maximum atomic E-state index is 14.3. The Morgan fingerprint density at radius 3 is 2.74 bits per heavy atom. The molecule has 0 spiro atoms. The van der Waals surface area contributed by atoms with Crippen LogP contribution in [0.1, 0.15) is 32.1 Å². The second kappa shape index (κ2) is 11.1. The average Bonchev–Trinajstić information content (AvgIpc) is 3.44. The lowest BCUT2D eigenvalue weighted by Crippen LogP contribution is -2.36. The smallest absolute Gasteiger partial charge is 0.273 e. The number of amides is 2. The van der Waals surface area contributed by atoms with E-state index in [9.17, 15) is 14.0 Å². The summed E-state index contributed by atoms with van der Waals surface area (Å²) in [5.41, 5.74) is 3.29. The molecular weight excluding hydrogens is 491 g/mol. The molecule has 0 atom stereocenters. The molecule has 38 heavy (non-hydrogen) atoms. The van der Waals surface area contributed by atoms with Crippen molar-refractivity contribution >= 4 is 23.2 Å². The second-order valence-electron chi connectivity index (χ2n) is 8.67. The number of aryl methyl sites for hydroxylation is 1. The molecule has 4 heterocycles. The predicted octanol–water partition coefficient (Wildman–Crippen LogP) is 2.52. The van der Waals surface area contributed by atoms with Crippen molar-refractivity contribution in [3.8, 4) is 5.69 Å². The van der Waals surface area contributed by atoms with Crippen molar-refractivity contribution in [3.63, 3.8) is 0 Å². The summed E-state index contributed by atoms with van der Waals surface area (Å²) in [7, 11) is 0. The number of carbonyl (C=O) groups excluding carboxylic acids is 2. The third kappa shape index (κ3) is 5.81. The molecule has 0 unspecified atom stereocenters. The number of hydrogen-bond acceptors (Lipinski definition) is 8. The van der Waals surface area contributed by atoms with Crippen LogP contribution in [0.15, 0.2) is 61.2 Å². The molecule has 4 aromatic rings. The monoisotopic (exact) mass is 516 g/mol. The van der Waals surface area contributed by atoms with Gasteiger partial charge in [0.1, 0.15) is 5.82 Å². The largest absolute Gasteiger partial charge is 0.378 e. The van der Waals surface area contributed by atoms with E-state index >= 15 is 0 Å². The highest BCUT2D eigenvalue weighted by atomic mass is 19.1. The molecule has 0 saturated carbocycles. The normalized spacial score (nSPS) is 13.3. The van der Waals surface area contributed by atoms with Gasteiger partial charge in [-0.25, -0.2) is 9.07 Å². The lowest BCUT2D eigenvalue weighted by atomic mass is 10.1. The number of aromatic nitrogens is 5. The number of anilines is 2. The minimum absolute atomic E-state index is 0.123. The number of hydrogen-bond donors (Lipinski definition) is 2. The van der Waals surface area contributed by atoms with Gasteiger partial charge in [0.15, 0.2) is 5.69 Å². The summed E-state index contributed by atoms with van der Waals surface area (Å²) in [6.45, 7) is 4.41. The molecule has 0 bridgehead atoms. The fraction of sp³-hybridized carbons (Fsp3) is 0.231. The highest BCUT2D eigenvalue weighted by Crippen LogP contribution is 2.22. The first-order valence-electron chi connectivity index (χ1n) is 12.0. The first-order chi connectivity index (χ1) is 18.5. The van der Waals surface area contributed by atoms with Crippen molar-refractivity contribution < 1.29 is 18.7 Å². The summed E-state index contributed by atoms with van der Waals surface area (Å²) in [6, 6.07) is 9.55. The minimum Gasteiger partial charge on any atom is -0.378 e. The molecule has 2 amide bonds. The standard InChI is InChI=1S/C26H25FN8O3/c1-17-24(35-16-23(32-33-35)26(37)30-14-18-3-2-4-28-13-18)12-21(15-29-17)31-25(36)19-9-20(27)11-22(10-19)34-5-7-38-8-6-34/h2-4,9-13,15-16H,5-8,14H2,1H3,(H,30,37)(H,31,36). The fourth-order valence-corrected chi connectivity index (χ4v) is 4.00. The molecule has 0 aliphatic carbocycles. The Hall–Kier alpha value is -4.71. The van der Waals surface area contributed by atoms with Crippen LogP contribution in [0.3, 0.4) is 0 Å². The third-order valence-electron chi connectivity index (χ3n) is 5.99. The van der Waals surface area contributed by atoms with Crippen molar-refractivity contribution in [3.05, 3.63) is 89.5 Å². The van der Waals surface area contributed by atoms with Gasteiger partial charge in [0.25, 0.3) is 11.8 Å². The quantitative estimate of drug-likeness (QED) is 0.384. The van der Waals surface area contributed by atoms with Crippen molar-refractivity contribution in [1.82, 2.24) is 30.3 Å². The van der Waals surface area contributed by atoms with Gasteiger partial charge in [0, 0.05) is 43.3 Å². The van der Waals surface area contributed by atoms with E-state index in [1.54, 1.807) is 37.5 Å². The van der Waals surface area contributed by atoms with Crippen LogP contribution in [0.2, 0.25) is 0 Å². The van der Waals surface area contributed by atoms with Crippen molar-refractivity contribution in [2.45, 2.75) is 13.5 Å². The van der Waals surface area contributed by atoms with Crippen LogP contribution < -0.4 is 15.5 Å². The highest BCUT2D eigenvalue weighted by Gasteiger charge is 2.17. The van der Waals surface area contributed by atoms with Gasteiger partial charge in [-0.1, -0.05) is 11.3 Å². The summed E-state index contributed by atoms with van der Waals surface area (Å²) >= 11 is 0. The van der Waals surface area contributed by atoms with Crippen LogP contribution in [0.25, 0.3) is 5.69 Å². The minimum atomic E-state index is -0.501. The Labute approximate surface area is 217 Å². The van der Waals surface area contributed by atoms with Gasteiger partial charge in [-0.15, -0.1) is 5.10 Å². The third-order valence-corrected chi connectivity index (χ3v) is 5.99. The second-order valence-corrected chi connectivity index (χ2v) is 8.67. The highest BCUT2D eigenvalue weighted by molar-refractivity contribution is 6.05. The van der Waals surface area contributed by atoms with E-state index in [2.05, 4.69) is 30.9 Å². The van der Waals surface area contributed by atoms with Crippen LogP contribution >= 0.6 is 0 Å². The molecule has 194 valence electrons. The molecule has 1 fully saturated rings. The molecule has 11 nitrogen and oxygen atoms in total. The van der Waals surface area contributed by atoms with Crippen LogP contribution in [-0.4, -0.2) is 63.1 Å². The first kappa shape index (κ1) is 25.0. The van der Waals surface area contributed by atoms with E-state index in [1.807, 2.05) is 11.0 Å². The van der Waals surface area contributed by atoms with Crippen molar-refractivity contribution in [2.24, 2.45) is 0 Å². The maximum Gasteiger partial charge on any atom is 0.273 e. The summed E-state index contributed by atoms with van der Waals surface area (Å²) < 4.78 is 21.1. The van der Waals surface area contributed by atoms with E-state index in [0.29, 0.717) is 55.6 Å². The fourth-order valence-electron chi connectivity index (χ4n) is 4.00. The Kier molecular flexibility index (Phi) is 7.31. The molecule has 12 heteroatoms. The van der Waals surface area contributed by atoms with E-state index < -0.39 is 17.6 Å². The molecule has 1 aromatic carbocycles. The van der Waals surface area contributed by atoms with Gasteiger partial charge >= 0.3 is 0 Å². The van der Waals surface area contributed by atoms with Gasteiger partial charge in [-0.05, 0) is 42.8 Å². The summed E-state index contributed by atoms with van der Waals surface area (Å²) in [5, 5.41) is 13.6. The molecule has 2 N–H and O–H groups in total. The lowest BCUT2D eigenvalue weighted by Gasteiger charge is -2.29. The van der Waals surface area contributed by atoms with Crippen LogP contribution in [0, 0.1) is 12.7 Å². The maximum absolute atomic E-state index is 14.3. The number of pyridine rings is 2.